The van der Waals surface area contributed by atoms with Gasteiger partial charge in [-0.2, -0.15) is 0 Å². The second-order valence-corrected chi connectivity index (χ2v) is 5.42. The second kappa shape index (κ2) is 5.08. The van der Waals surface area contributed by atoms with E-state index in [0.29, 0.717) is 5.92 Å². The summed E-state index contributed by atoms with van der Waals surface area (Å²) < 4.78 is 2.11. The van der Waals surface area contributed by atoms with Crippen molar-refractivity contribution in [2.75, 3.05) is 5.73 Å². The lowest BCUT2D eigenvalue weighted by atomic mass is 10.0. The van der Waals surface area contributed by atoms with Crippen LogP contribution in [-0.4, -0.2) is 9.55 Å². The Morgan fingerprint density at radius 1 is 1.26 bits per heavy atom. The first kappa shape index (κ1) is 13.7. The van der Waals surface area contributed by atoms with Crippen molar-refractivity contribution < 1.29 is 0 Å². The van der Waals surface area contributed by atoms with Crippen molar-refractivity contribution in [3.8, 4) is 11.3 Å². The van der Waals surface area contributed by atoms with Crippen LogP contribution in [0.15, 0.2) is 18.2 Å². The Morgan fingerprint density at radius 3 is 2.42 bits per heavy atom. The normalized spacial score (nSPS) is 11.3. The number of anilines is 1. The van der Waals surface area contributed by atoms with Crippen LogP contribution >= 0.6 is 0 Å². The zero-order chi connectivity index (χ0) is 14.2. The number of nitrogens with zero attached hydrogens (tertiary/aromatic N) is 2. The average molecular weight is 257 g/mol. The lowest BCUT2D eigenvalue weighted by Gasteiger charge is -2.08. The summed E-state index contributed by atoms with van der Waals surface area (Å²) in [4.78, 5) is 4.78. The smallest absolute Gasteiger partial charge is 0.131 e. The number of aromatic nitrogens is 2. The number of nitrogen functional groups attached to an aromatic ring is 1. The first-order chi connectivity index (χ1) is 8.95. The van der Waals surface area contributed by atoms with E-state index in [0.717, 1.165) is 29.4 Å². The monoisotopic (exact) mass is 257 g/mol. The highest BCUT2D eigenvalue weighted by Gasteiger charge is 2.18. The lowest BCUT2D eigenvalue weighted by molar-refractivity contribution is 0.658. The minimum Gasteiger partial charge on any atom is -0.383 e. The first-order valence-corrected chi connectivity index (χ1v) is 6.89. The molecule has 0 aliphatic carbocycles. The van der Waals surface area contributed by atoms with E-state index in [1.165, 1.54) is 11.1 Å². The molecule has 0 amide bonds. The number of aryl methyl sites for hydroxylation is 2. The van der Waals surface area contributed by atoms with Gasteiger partial charge in [0.05, 0.1) is 0 Å². The summed E-state index contributed by atoms with van der Waals surface area (Å²) in [5.74, 6) is 2.22. The van der Waals surface area contributed by atoms with E-state index in [4.69, 9.17) is 10.7 Å². The maximum atomic E-state index is 6.29. The quantitative estimate of drug-likeness (QED) is 0.906. The fourth-order valence-corrected chi connectivity index (χ4v) is 2.53. The maximum Gasteiger partial charge on any atom is 0.131 e. The molecule has 0 saturated heterocycles. The molecule has 102 valence electrons. The summed E-state index contributed by atoms with van der Waals surface area (Å²) in [7, 11) is 0. The topological polar surface area (TPSA) is 43.8 Å². The molecule has 1 heterocycles. The average Bonchev–Trinajstić information content (AvgIpc) is 2.66. The van der Waals surface area contributed by atoms with E-state index in [9.17, 15) is 0 Å². The van der Waals surface area contributed by atoms with Crippen LogP contribution in [-0.2, 0) is 6.54 Å². The van der Waals surface area contributed by atoms with E-state index in [-0.39, 0.29) is 0 Å². The van der Waals surface area contributed by atoms with Crippen LogP contribution in [0, 0.1) is 13.8 Å². The van der Waals surface area contributed by atoms with Gasteiger partial charge in [0.25, 0.3) is 0 Å². The molecule has 2 rings (SSSR count). The van der Waals surface area contributed by atoms with Gasteiger partial charge in [-0.05, 0) is 26.3 Å². The molecule has 1 aromatic heterocycles. The zero-order valence-electron chi connectivity index (χ0n) is 12.5. The van der Waals surface area contributed by atoms with Crippen molar-refractivity contribution in [2.45, 2.75) is 47.1 Å². The number of benzene rings is 1. The van der Waals surface area contributed by atoms with E-state index >= 15 is 0 Å². The predicted octanol–water partition coefficient (Wildman–Crippen LogP) is 3.89. The molecule has 2 aromatic rings. The molecule has 2 N–H and O–H groups in total. The molecule has 0 aliphatic rings. The molecule has 0 spiro atoms. The van der Waals surface area contributed by atoms with Gasteiger partial charge in [-0.3, -0.25) is 0 Å². The Kier molecular flexibility index (Phi) is 3.65. The van der Waals surface area contributed by atoms with Crippen molar-refractivity contribution in [3.05, 3.63) is 35.2 Å². The molecule has 19 heavy (non-hydrogen) atoms. The molecule has 1 aromatic carbocycles. The SMILES string of the molecule is CCn1c(C(C)C)nc(-c2ccc(C)cc2C)c1N. The molecule has 0 aliphatic heterocycles. The van der Waals surface area contributed by atoms with Crippen molar-refractivity contribution in [1.82, 2.24) is 9.55 Å². The van der Waals surface area contributed by atoms with Gasteiger partial charge < -0.3 is 10.3 Å². The van der Waals surface area contributed by atoms with E-state index < -0.39 is 0 Å². The molecule has 0 unspecified atom stereocenters. The number of imidazole rings is 1. The van der Waals surface area contributed by atoms with Gasteiger partial charge in [-0.25, -0.2) is 4.98 Å². The van der Waals surface area contributed by atoms with Crippen LogP contribution in [0.4, 0.5) is 5.82 Å². The van der Waals surface area contributed by atoms with Crippen molar-refractivity contribution in [2.24, 2.45) is 0 Å². The molecule has 3 nitrogen and oxygen atoms in total. The van der Waals surface area contributed by atoms with Gasteiger partial charge in [-0.1, -0.05) is 37.6 Å². The third-order valence-corrected chi connectivity index (χ3v) is 3.51. The molecule has 3 heteroatoms. The number of nitrogens with two attached hydrogens (primary N) is 1. The van der Waals surface area contributed by atoms with Gasteiger partial charge in [0.1, 0.15) is 17.3 Å². The summed E-state index contributed by atoms with van der Waals surface area (Å²) in [5, 5.41) is 0. The Balaban J connectivity index is 2.63. The lowest BCUT2D eigenvalue weighted by Crippen LogP contribution is -2.06. The fourth-order valence-electron chi connectivity index (χ4n) is 2.53. The summed E-state index contributed by atoms with van der Waals surface area (Å²) in [5.41, 5.74) is 10.8. The van der Waals surface area contributed by atoms with Crippen LogP contribution in [0.3, 0.4) is 0 Å². The van der Waals surface area contributed by atoms with E-state index in [1.807, 2.05) is 0 Å². The van der Waals surface area contributed by atoms with Gasteiger partial charge in [0.2, 0.25) is 0 Å². The summed E-state index contributed by atoms with van der Waals surface area (Å²) in [6.45, 7) is 11.5. The van der Waals surface area contributed by atoms with E-state index in [2.05, 4.69) is 57.4 Å². The molecule has 0 atom stereocenters. The number of hydrogen-bond acceptors (Lipinski definition) is 2. The van der Waals surface area contributed by atoms with E-state index in [1.54, 1.807) is 0 Å². The molecule has 0 bridgehead atoms. The largest absolute Gasteiger partial charge is 0.383 e. The summed E-state index contributed by atoms with van der Waals surface area (Å²) in [6, 6.07) is 6.41. The van der Waals surface area contributed by atoms with Crippen molar-refractivity contribution >= 4 is 5.82 Å². The highest BCUT2D eigenvalue weighted by Crippen LogP contribution is 2.31. The zero-order valence-corrected chi connectivity index (χ0v) is 12.5. The molecular formula is C16H23N3. The predicted molar refractivity (Wildman–Crippen MR) is 81.3 cm³/mol. The molecular weight excluding hydrogens is 234 g/mol. The highest BCUT2D eigenvalue weighted by molar-refractivity contribution is 5.74. The van der Waals surface area contributed by atoms with Crippen LogP contribution in [0.2, 0.25) is 0 Å². The first-order valence-electron chi connectivity index (χ1n) is 6.89. The molecule has 0 saturated carbocycles. The minimum atomic E-state index is 0.377. The Hall–Kier alpha value is -1.77. The van der Waals surface area contributed by atoms with Crippen LogP contribution < -0.4 is 5.73 Å². The van der Waals surface area contributed by atoms with Gasteiger partial charge >= 0.3 is 0 Å². The van der Waals surface area contributed by atoms with Gasteiger partial charge in [0.15, 0.2) is 0 Å². The van der Waals surface area contributed by atoms with Crippen molar-refractivity contribution in [1.29, 1.82) is 0 Å². The number of rotatable bonds is 3. The Labute approximate surface area is 115 Å². The minimum absolute atomic E-state index is 0.377. The van der Waals surface area contributed by atoms with Crippen LogP contribution in [0.5, 0.6) is 0 Å². The fraction of sp³-hybridized carbons (Fsp3) is 0.438. The van der Waals surface area contributed by atoms with Gasteiger partial charge in [-0.15, -0.1) is 0 Å². The van der Waals surface area contributed by atoms with Crippen LogP contribution in [0.25, 0.3) is 11.3 Å². The highest BCUT2D eigenvalue weighted by atomic mass is 15.1. The third-order valence-electron chi connectivity index (χ3n) is 3.51. The summed E-state index contributed by atoms with van der Waals surface area (Å²) >= 11 is 0. The maximum absolute atomic E-state index is 6.29. The number of hydrogen-bond donors (Lipinski definition) is 1. The third kappa shape index (κ3) is 2.37. The standard InChI is InChI=1S/C16H23N3/c1-6-19-15(17)14(18-16(19)10(2)3)13-8-7-11(4)9-12(13)5/h7-10H,6,17H2,1-5H3. The Bertz CT molecular complexity index is 594. The van der Waals surface area contributed by atoms with Crippen molar-refractivity contribution in [3.63, 3.8) is 0 Å². The summed E-state index contributed by atoms with van der Waals surface area (Å²) in [6.07, 6.45) is 0. The van der Waals surface area contributed by atoms with Gasteiger partial charge in [0, 0.05) is 18.0 Å². The van der Waals surface area contributed by atoms with Crippen LogP contribution in [0.1, 0.15) is 43.6 Å². The Morgan fingerprint density at radius 2 is 1.95 bits per heavy atom. The molecule has 0 fully saturated rings. The second-order valence-electron chi connectivity index (χ2n) is 5.42. The molecule has 0 radical (unpaired) electrons.